The van der Waals surface area contributed by atoms with E-state index < -0.39 is 34.2 Å². The molecule has 0 amide bonds. The fourth-order valence-corrected chi connectivity index (χ4v) is 4.61. The number of Topliss-reactive ketones (excluding diaryl/α,β-unsaturated/α-hetero) is 1. The van der Waals surface area contributed by atoms with Crippen molar-refractivity contribution in [1.82, 2.24) is 0 Å². The molecular formula is C19H17BrFNO5S. The highest BCUT2D eigenvalue weighted by Crippen LogP contribution is 2.31. The van der Waals surface area contributed by atoms with Gasteiger partial charge in [-0.25, -0.2) is 17.6 Å². The second kappa shape index (κ2) is 8.00. The predicted octanol–water partition coefficient (Wildman–Crippen LogP) is 3.34. The third-order valence-electron chi connectivity index (χ3n) is 4.44. The molecule has 6 nitrogen and oxygen atoms in total. The highest BCUT2D eigenvalue weighted by molar-refractivity contribution is 9.10. The smallest absolute Gasteiger partial charge is 0.339 e. The van der Waals surface area contributed by atoms with E-state index in [9.17, 15) is 22.4 Å². The number of sulfonamides is 1. The number of nitrogens with zero attached hydrogens (tertiary/aromatic N) is 1. The number of fused-ring (bicyclic) bond motifs is 1. The van der Waals surface area contributed by atoms with Crippen molar-refractivity contribution in [3.05, 3.63) is 63.4 Å². The number of anilines is 1. The molecule has 0 spiro atoms. The van der Waals surface area contributed by atoms with Crippen LogP contribution in [-0.2, 0) is 21.2 Å². The zero-order chi connectivity index (χ0) is 20.5. The van der Waals surface area contributed by atoms with E-state index in [-0.39, 0.29) is 15.8 Å². The monoisotopic (exact) mass is 469 g/mol. The van der Waals surface area contributed by atoms with Crippen molar-refractivity contribution >= 4 is 43.4 Å². The van der Waals surface area contributed by atoms with E-state index in [1.54, 1.807) is 19.1 Å². The molecule has 0 saturated carbocycles. The van der Waals surface area contributed by atoms with Gasteiger partial charge >= 0.3 is 5.97 Å². The second-order valence-electron chi connectivity index (χ2n) is 6.19. The number of esters is 1. The molecule has 0 unspecified atom stereocenters. The topological polar surface area (TPSA) is 80.8 Å². The minimum Gasteiger partial charge on any atom is -0.454 e. The first-order valence-electron chi connectivity index (χ1n) is 8.51. The van der Waals surface area contributed by atoms with E-state index in [0.29, 0.717) is 24.2 Å². The molecule has 0 fully saturated rings. The Balaban J connectivity index is 1.70. The van der Waals surface area contributed by atoms with Gasteiger partial charge in [-0.1, -0.05) is 0 Å². The van der Waals surface area contributed by atoms with Crippen LogP contribution >= 0.6 is 15.9 Å². The van der Waals surface area contributed by atoms with Crippen LogP contribution in [0, 0.1) is 5.82 Å². The van der Waals surface area contributed by atoms with Crippen LogP contribution in [0.3, 0.4) is 0 Å². The van der Waals surface area contributed by atoms with Crippen molar-refractivity contribution in [3.8, 4) is 0 Å². The van der Waals surface area contributed by atoms with E-state index in [0.717, 1.165) is 17.7 Å². The van der Waals surface area contributed by atoms with Gasteiger partial charge in [0.15, 0.2) is 12.4 Å². The van der Waals surface area contributed by atoms with E-state index in [1.165, 1.54) is 16.4 Å². The van der Waals surface area contributed by atoms with Crippen LogP contribution in [-0.4, -0.2) is 39.1 Å². The average molecular weight is 470 g/mol. The molecule has 9 heteroatoms. The van der Waals surface area contributed by atoms with Crippen molar-refractivity contribution in [1.29, 1.82) is 0 Å². The lowest BCUT2D eigenvalue weighted by atomic mass is 10.1. The third-order valence-corrected chi connectivity index (χ3v) is 6.88. The van der Waals surface area contributed by atoms with Crippen LogP contribution in [0.5, 0.6) is 0 Å². The van der Waals surface area contributed by atoms with Gasteiger partial charge in [0.1, 0.15) is 5.82 Å². The Bertz CT molecular complexity index is 1050. The maximum absolute atomic E-state index is 13.1. The first-order valence-corrected chi connectivity index (χ1v) is 10.9. The maximum atomic E-state index is 13.1. The Morgan fingerprint density at radius 2 is 1.96 bits per heavy atom. The molecule has 0 aliphatic carbocycles. The molecular weight excluding hydrogens is 453 g/mol. The summed E-state index contributed by atoms with van der Waals surface area (Å²) >= 11 is 3.08. The first-order chi connectivity index (χ1) is 13.2. The largest absolute Gasteiger partial charge is 0.454 e. The highest BCUT2D eigenvalue weighted by Gasteiger charge is 2.28. The van der Waals surface area contributed by atoms with Gasteiger partial charge in [-0.15, -0.1) is 0 Å². The summed E-state index contributed by atoms with van der Waals surface area (Å²) in [6.45, 7) is 1.45. The molecule has 0 N–H and O–H groups in total. The standard InChI is InChI=1S/C19H17BrFNO5S/c1-2-28(25,26)22-8-7-12-9-13(3-6-17(12)22)18(23)11-27-19(24)15-5-4-14(21)10-16(15)20/h3-6,9-10H,2,7-8,11H2,1H3. The Morgan fingerprint density at radius 3 is 2.64 bits per heavy atom. The fourth-order valence-electron chi connectivity index (χ4n) is 2.94. The lowest BCUT2D eigenvalue weighted by Crippen LogP contribution is -2.30. The number of benzene rings is 2. The normalized spacial score (nSPS) is 13.3. The number of rotatable bonds is 6. The van der Waals surface area contributed by atoms with Crippen LogP contribution in [0.4, 0.5) is 10.1 Å². The molecule has 0 aromatic heterocycles. The molecule has 0 saturated heterocycles. The van der Waals surface area contributed by atoms with Gasteiger partial charge in [0.25, 0.3) is 0 Å². The SMILES string of the molecule is CCS(=O)(=O)N1CCc2cc(C(=O)COC(=O)c3ccc(F)cc3Br)ccc21. The molecule has 1 aliphatic rings. The van der Waals surface area contributed by atoms with E-state index >= 15 is 0 Å². The molecule has 0 bridgehead atoms. The Kier molecular flexibility index (Phi) is 5.85. The minimum atomic E-state index is -3.36. The molecule has 2 aromatic carbocycles. The van der Waals surface area contributed by atoms with Crippen LogP contribution in [0.1, 0.15) is 33.2 Å². The molecule has 2 aromatic rings. The molecule has 0 atom stereocenters. The van der Waals surface area contributed by atoms with E-state index in [1.807, 2.05) is 0 Å². The van der Waals surface area contributed by atoms with E-state index in [2.05, 4.69) is 15.9 Å². The molecule has 148 valence electrons. The molecule has 0 radical (unpaired) electrons. The van der Waals surface area contributed by atoms with Gasteiger partial charge in [-0.05, 0) is 71.2 Å². The van der Waals surface area contributed by atoms with Crippen LogP contribution in [0.25, 0.3) is 0 Å². The van der Waals surface area contributed by atoms with Gasteiger partial charge < -0.3 is 4.74 Å². The molecule has 1 heterocycles. The van der Waals surface area contributed by atoms with Crippen molar-refractivity contribution < 1.29 is 27.1 Å². The fraction of sp³-hybridized carbons (Fsp3) is 0.263. The number of halogens is 2. The summed E-state index contributed by atoms with van der Waals surface area (Å²) in [5, 5.41) is 0. The molecule has 3 rings (SSSR count). The number of carbonyl (C=O) groups excluding carboxylic acids is 2. The second-order valence-corrected chi connectivity index (χ2v) is 9.23. The lowest BCUT2D eigenvalue weighted by Gasteiger charge is -2.18. The number of ketones is 1. The minimum absolute atomic E-state index is 0.00200. The summed E-state index contributed by atoms with van der Waals surface area (Å²) in [6.07, 6.45) is 0.512. The molecule has 28 heavy (non-hydrogen) atoms. The molecule has 1 aliphatic heterocycles. The number of hydrogen-bond acceptors (Lipinski definition) is 5. The summed E-state index contributed by atoms with van der Waals surface area (Å²) in [4.78, 5) is 24.5. The third kappa shape index (κ3) is 4.10. The maximum Gasteiger partial charge on any atom is 0.339 e. The average Bonchev–Trinajstić information content (AvgIpc) is 3.09. The Labute approximate surface area is 170 Å². The summed E-state index contributed by atoms with van der Waals surface area (Å²) in [6, 6.07) is 8.27. The Hall–Kier alpha value is -2.26. The van der Waals surface area contributed by atoms with Gasteiger partial charge in [0, 0.05) is 16.6 Å². The summed E-state index contributed by atoms with van der Waals surface area (Å²) < 4.78 is 44.0. The zero-order valence-electron chi connectivity index (χ0n) is 14.9. The lowest BCUT2D eigenvalue weighted by molar-refractivity contribution is 0.0473. The summed E-state index contributed by atoms with van der Waals surface area (Å²) in [7, 11) is -3.36. The summed E-state index contributed by atoms with van der Waals surface area (Å²) in [5.41, 5.74) is 1.78. The van der Waals surface area contributed by atoms with E-state index in [4.69, 9.17) is 4.74 Å². The van der Waals surface area contributed by atoms with Crippen molar-refractivity contribution in [2.24, 2.45) is 0 Å². The number of ether oxygens (including phenoxy) is 1. The highest BCUT2D eigenvalue weighted by atomic mass is 79.9. The van der Waals surface area contributed by atoms with Gasteiger partial charge in [0.05, 0.1) is 17.0 Å². The predicted molar refractivity (Wildman–Crippen MR) is 106 cm³/mol. The van der Waals surface area contributed by atoms with Crippen molar-refractivity contribution in [2.45, 2.75) is 13.3 Å². The van der Waals surface area contributed by atoms with Crippen molar-refractivity contribution in [2.75, 3.05) is 23.2 Å². The zero-order valence-corrected chi connectivity index (χ0v) is 17.3. The number of carbonyl (C=O) groups is 2. The summed E-state index contributed by atoms with van der Waals surface area (Å²) in [5.74, 6) is -1.66. The van der Waals surface area contributed by atoms with Crippen molar-refractivity contribution in [3.63, 3.8) is 0 Å². The quantitative estimate of drug-likeness (QED) is 0.478. The first kappa shape index (κ1) is 20.5. The number of hydrogen-bond donors (Lipinski definition) is 0. The van der Waals surface area contributed by atoms with Gasteiger partial charge in [0.2, 0.25) is 10.0 Å². The van der Waals surface area contributed by atoms with Crippen LogP contribution in [0.2, 0.25) is 0 Å². The Morgan fingerprint density at radius 1 is 1.21 bits per heavy atom. The van der Waals surface area contributed by atoms with Gasteiger partial charge in [-0.3, -0.25) is 9.10 Å². The van der Waals surface area contributed by atoms with Crippen LogP contribution < -0.4 is 4.31 Å². The van der Waals surface area contributed by atoms with Crippen LogP contribution in [0.15, 0.2) is 40.9 Å². The van der Waals surface area contributed by atoms with Gasteiger partial charge in [-0.2, -0.15) is 0 Å².